The summed E-state index contributed by atoms with van der Waals surface area (Å²) in [6.45, 7) is 4.55. The highest BCUT2D eigenvalue weighted by molar-refractivity contribution is 5.74. The highest BCUT2D eigenvalue weighted by Crippen LogP contribution is 2.55. The molecule has 1 aromatic carbocycles. The van der Waals surface area contributed by atoms with Crippen LogP contribution in [0.15, 0.2) is 41.2 Å². The number of anilines is 2. The summed E-state index contributed by atoms with van der Waals surface area (Å²) in [6, 6.07) is 8.30. The molecule has 0 bridgehead atoms. The second-order valence-corrected chi connectivity index (χ2v) is 14.2. The minimum absolute atomic E-state index is 0.0779. The van der Waals surface area contributed by atoms with E-state index in [4.69, 9.17) is 41.2 Å². The summed E-state index contributed by atoms with van der Waals surface area (Å²) < 4.78 is 20.3. The lowest BCUT2D eigenvalue weighted by atomic mass is 9.69. The number of hydrogen-bond donors (Lipinski definition) is 5. The van der Waals surface area contributed by atoms with Crippen molar-refractivity contribution in [3.05, 3.63) is 64.8 Å². The number of nitrogens with one attached hydrogen (secondary N) is 2. The Kier molecular flexibility index (Phi) is 8.40. The number of fused-ring (bicyclic) bond motifs is 4. The summed E-state index contributed by atoms with van der Waals surface area (Å²) in [5, 5.41) is 10.1. The van der Waals surface area contributed by atoms with Crippen molar-refractivity contribution < 1.29 is 18.7 Å². The van der Waals surface area contributed by atoms with Crippen LogP contribution in [0.3, 0.4) is 0 Å². The van der Waals surface area contributed by atoms with E-state index in [-0.39, 0.29) is 17.6 Å². The maximum absolute atomic E-state index is 6.65. The Labute approximate surface area is 291 Å². The van der Waals surface area contributed by atoms with Crippen LogP contribution in [0.25, 0.3) is 23.0 Å². The largest absolute Gasteiger partial charge is 0.473 e. The van der Waals surface area contributed by atoms with Crippen molar-refractivity contribution in [2.45, 2.75) is 81.9 Å². The Balaban J connectivity index is 1.18. The van der Waals surface area contributed by atoms with Crippen LogP contribution >= 0.6 is 0 Å². The molecule has 2 aliphatic carbocycles. The fourth-order valence-electron chi connectivity index (χ4n) is 8.64. The highest BCUT2D eigenvalue weighted by atomic mass is 16.5. The SMILES string of the molecule is CNN(/C=C(\N)c1cc[n+](-c2cc(OC(C)C3CCCN3C)nc(-c3noc4c3CCCC43CCc4ccc(N)c(N)c43)n2)[nH]1)C1CCOC1. The number of nitrogen functional groups attached to an aromatic ring is 2. The van der Waals surface area contributed by atoms with Gasteiger partial charge in [0.25, 0.3) is 5.82 Å². The van der Waals surface area contributed by atoms with E-state index < -0.39 is 0 Å². The fraction of sp³-hybridized carbons (Fsp3) is 0.500. The number of H-pyrrole nitrogens is 1. The van der Waals surface area contributed by atoms with Gasteiger partial charge in [-0.1, -0.05) is 11.2 Å². The minimum atomic E-state index is -0.370. The molecule has 14 nitrogen and oxygen atoms in total. The number of likely N-dealkylation sites (N-methyl/N-ethyl adjacent to an activating group) is 1. The molecule has 2 fully saturated rings. The molecule has 4 aliphatic rings. The van der Waals surface area contributed by atoms with Crippen LogP contribution in [0, 0.1) is 0 Å². The predicted octanol–water partition coefficient (Wildman–Crippen LogP) is 2.81. The number of hydrogen-bond acceptors (Lipinski definition) is 12. The van der Waals surface area contributed by atoms with Gasteiger partial charge in [-0.2, -0.15) is 4.98 Å². The number of ether oxygens (including phenoxy) is 2. The van der Waals surface area contributed by atoms with E-state index in [9.17, 15) is 0 Å². The molecule has 8 N–H and O–H groups in total. The summed E-state index contributed by atoms with van der Waals surface area (Å²) in [5.74, 6) is 2.36. The molecule has 5 heterocycles. The number of nitrogens with zero attached hydrogens (tertiary/aromatic N) is 6. The van der Waals surface area contributed by atoms with Gasteiger partial charge in [0, 0.05) is 37.5 Å². The van der Waals surface area contributed by atoms with Crippen molar-refractivity contribution in [1.82, 2.24) is 35.6 Å². The summed E-state index contributed by atoms with van der Waals surface area (Å²) in [7, 11) is 4.03. The monoisotopic (exact) mass is 682 g/mol. The number of nitrogens with two attached hydrogens (primary N) is 3. The third kappa shape index (κ3) is 5.55. The zero-order valence-electron chi connectivity index (χ0n) is 29.1. The number of likely N-dealkylation sites (tertiary alicyclic amines) is 1. The van der Waals surface area contributed by atoms with Crippen molar-refractivity contribution in [3.8, 4) is 23.2 Å². The molecule has 264 valence electrons. The fourth-order valence-corrected chi connectivity index (χ4v) is 8.64. The Morgan fingerprint density at radius 2 is 2.08 bits per heavy atom. The molecule has 1 spiro atoms. The van der Waals surface area contributed by atoms with Crippen LogP contribution in [0.1, 0.15) is 73.6 Å². The molecule has 2 aliphatic heterocycles. The van der Waals surface area contributed by atoms with Gasteiger partial charge in [-0.25, -0.2) is 10.5 Å². The number of aromatic nitrogens is 5. The van der Waals surface area contributed by atoms with E-state index in [0.29, 0.717) is 52.9 Å². The average Bonchev–Trinajstić information content (AvgIpc) is 3.96. The van der Waals surface area contributed by atoms with Crippen LogP contribution in [-0.2, 0) is 23.0 Å². The maximum Gasteiger partial charge on any atom is 0.354 e. The lowest BCUT2D eigenvalue weighted by Gasteiger charge is -2.33. The maximum atomic E-state index is 6.65. The summed E-state index contributed by atoms with van der Waals surface area (Å²) >= 11 is 0. The molecule has 0 radical (unpaired) electrons. The highest BCUT2D eigenvalue weighted by Gasteiger charge is 2.49. The smallest absolute Gasteiger partial charge is 0.354 e. The van der Waals surface area contributed by atoms with Crippen molar-refractivity contribution >= 4 is 17.1 Å². The number of hydrazine groups is 1. The van der Waals surface area contributed by atoms with Gasteiger partial charge in [0.05, 0.1) is 41.2 Å². The van der Waals surface area contributed by atoms with Crippen molar-refractivity contribution in [2.75, 3.05) is 45.3 Å². The molecule has 2 saturated heterocycles. The summed E-state index contributed by atoms with van der Waals surface area (Å²) in [5.41, 5.74) is 28.9. The standard InChI is InChI=1S/C36H47N11O3/c1-21(28-7-5-15-45(28)3)49-30-18-29(46-16-11-27(43-46)26(38)19-47(40-2)23-12-17-48-20-23)41-35(42-30)33-24-6-4-13-36(34(24)50-44-33)14-10-22-8-9-25(37)32(39)31(22)36/h8-9,11,16,18-19,21,23,28,40H,4-7,10,12-15,17,20,38H2,1-3H3,(H4,37,39,41,42,44)/p+1/b26-19-. The molecule has 4 unspecified atom stereocenters. The quantitative estimate of drug-likeness (QED) is 0.0989. The molecule has 0 saturated carbocycles. The van der Waals surface area contributed by atoms with Crippen molar-refractivity contribution in [2.24, 2.45) is 5.73 Å². The second kappa shape index (κ2) is 12.9. The molecular weight excluding hydrogens is 634 g/mol. The van der Waals surface area contributed by atoms with Crippen LogP contribution in [-0.4, -0.2) is 82.2 Å². The van der Waals surface area contributed by atoms with Crippen molar-refractivity contribution in [1.29, 1.82) is 0 Å². The van der Waals surface area contributed by atoms with Gasteiger partial charge >= 0.3 is 5.82 Å². The molecule has 14 heteroatoms. The van der Waals surface area contributed by atoms with Crippen LogP contribution in [0.5, 0.6) is 5.88 Å². The molecule has 3 aromatic heterocycles. The Hall–Kier alpha value is -4.66. The van der Waals surface area contributed by atoms with Crippen LogP contribution in [0.4, 0.5) is 11.4 Å². The lowest BCUT2D eigenvalue weighted by molar-refractivity contribution is -0.659. The van der Waals surface area contributed by atoms with E-state index in [0.717, 1.165) is 87.1 Å². The van der Waals surface area contributed by atoms with Gasteiger partial charge in [-0.05, 0) is 94.1 Å². The molecule has 4 aromatic rings. The van der Waals surface area contributed by atoms with E-state index >= 15 is 0 Å². The Morgan fingerprint density at radius 3 is 2.86 bits per heavy atom. The van der Waals surface area contributed by atoms with Gasteiger partial charge in [0.15, 0.2) is 11.5 Å². The molecule has 4 atom stereocenters. The van der Waals surface area contributed by atoms with Crippen LogP contribution in [0.2, 0.25) is 0 Å². The first-order valence-electron chi connectivity index (χ1n) is 17.8. The third-order valence-corrected chi connectivity index (χ3v) is 11.3. The molecule has 50 heavy (non-hydrogen) atoms. The van der Waals surface area contributed by atoms with Gasteiger partial charge in [0.2, 0.25) is 5.88 Å². The minimum Gasteiger partial charge on any atom is -0.473 e. The summed E-state index contributed by atoms with van der Waals surface area (Å²) in [6.07, 6.45) is 11.4. The average molecular weight is 683 g/mol. The second-order valence-electron chi connectivity index (χ2n) is 14.2. The number of aromatic amines is 1. The van der Waals surface area contributed by atoms with E-state index in [1.807, 2.05) is 47.3 Å². The predicted molar refractivity (Wildman–Crippen MR) is 189 cm³/mol. The van der Waals surface area contributed by atoms with Gasteiger partial charge in [0.1, 0.15) is 18.0 Å². The Morgan fingerprint density at radius 1 is 1.20 bits per heavy atom. The third-order valence-electron chi connectivity index (χ3n) is 11.3. The van der Waals surface area contributed by atoms with Crippen LogP contribution < -0.4 is 32.0 Å². The Bertz CT molecular complexity index is 1910. The number of aryl methyl sites for hydroxylation is 1. The lowest BCUT2D eigenvalue weighted by Crippen LogP contribution is -2.40. The topological polar surface area (TPSA) is 187 Å². The molecule has 8 rings (SSSR count). The van der Waals surface area contributed by atoms with Crippen molar-refractivity contribution in [3.63, 3.8) is 0 Å². The first-order valence-corrected chi connectivity index (χ1v) is 17.8. The first-order chi connectivity index (χ1) is 24.3. The van der Waals surface area contributed by atoms with E-state index in [1.165, 1.54) is 5.56 Å². The first kappa shape index (κ1) is 32.5. The van der Waals surface area contributed by atoms with E-state index in [1.54, 1.807) is 0 Å². The molecular formula is C36H48N11O3+. The van der Waals surface area contributed by atoms with Gasteiger partial charge in [-0.3, -0.25) is 4.90 Å². The number of rotatable bonds is 9. The van der Waals surface area contributed by atoms with E-state index in [2.05, 4.69) is 40.6 Å². The zero-order valence-corrected chi connectivity index (χ0v) is 29.1. The summed E-state index contributed by atoms with van der Waals surface area (Å²) in [4.78, 5) is 12.4. The normalized spacial score (nSPS) is 24.1. The molecule has 0 amide bonds. The van der Waals surface area contributed by atoms with Gasteiger partial charge in [-0.15, -0.1) is 4.68 Å². The van der Waals surface area contributed by atoms with Gasteiger partial charge < -0.3 is 36.2 Å². The zero-order chi connectivity index (χ0) is 34.6. The number of benzene rings is 1.